The minimum atomic E-state index is -0.560. The van der Waals surface area contributed by atoms with E-state index in [0.29, 0.717) is 6.04 Å². The van der Waals surface area contributed by atoms with E-state index in [0.717, 1.165) is 38.5 Å². The lowest BCUT2D eigenvalue weighted by Crippen LogP contribution is -2.39. The highest BCUT2D eigenvalue weighted by molar-refractivity contribution is 5.88. The molecule has 2 aliphatic heterocycles. The summed E-state index contributed by atoms with van der Waals surface area (Å²) in [7, 11) is 2.23. The Labute approximate surface area is 131 Å². The molecule has 7 nitrogen and oxygen atoms in total. The topological polar surface area (TPSA) is 80.3 Å². The monoisotopic (exact) mass is 306 g/mol. The Morgan fingerprint density at radius 2 is 2.18 bits per heavy atom. The van der Waals surface area contributed by atoms with Gasteiger partial charge in [0.1, 0.15) is 6.33 Å². The molecule has 2 aliphatic rings. The lowest BCUT2D eigenvalue weighted by atomic mass is 10.0. The first-order valence-corrected chi connectivity index (χ1v) is 8.27. The number of aromatic nitrogens is 3. The van der Waals surface area contributed by atoms with Crippen molar-refractivity contribution in [1.29, 1.82) is 0 Å². The molecule has 2 unspecified atom stereocenters. The molecular formula is C15H26N6O. The first-order chi connectivity index (χ1) is 10.6. The molecular weight excluding hydrogens is 280 g/mol. The minimum absolute atomic E-state index is 0.115. The van der Waals surface area contributed by atoms with Gasteiger partial charge in [0.15, 0.2) is 0 Å². The van der Waals surface area contributed by atoms with Crippen molar-refractivity contribution in [3.05, 3.63) is 12.2 Å². The molecule has 0 radical (unpaired) electrons. The lowest BCUT2D eigenvalue weighted by Gasteiger charge is -2.33. The number of primary amides is 1. The smallest absolute Gasteiger partial charge is 0.288 e. The number of carbonyl (C=O) groups is 1. The van der Waals surface area contributed by atoms with Crippen LogP contribution in [-0.4, -0.2) is 69.7 Å². The predicted molar refractivity (Wildman–Crippen MR) is 83.5 cm³/mol. The molecule has 0 saturated carbocycles. The van der Waals surface area contributed by atoms with E-state index < -0.39 is 5.91 Å². The molecule has 2 atom stereocenters. The fourth-order valence-corrected chi connectivity index (χ4v) is 3.69. The van der Waals surface area contributed by atoms with E-state index >= 15 is 0 Å². The van der Waals surface area contributed by atoms with E-state index in [4.69, 9.17) is 5.73 Å². The van der Waals surface area contributed by atoms with Crippen molar-refractivity contribution >= 4 is 5.91 Å². The van der Waals surface area contributed by atoms with Crippen LogP contribution in [0.2, 0.25) is 0 Å². The third kappa shape index (κ3) is 3.47. The number of hydrogen-bond donors (Lipinski definition) is 1. The van der Waals surface area contributed by atoms with Crippen LogP contribution in [0.4, 0.5) is 0 Å². The van der Waals surface area contributed by atoms with Crippen molar-refractivity contribution in [3.63, 3.8) is 0 Å². The normalized spacial score (nSPS) is 27.3. The fraction of sp³-hybridized carbons (Fsp3) is 0.800. The minimum Gasteiger partial charge on any atom is -0.363 e. The van der Waals surface area contributed by atoms with Gasteiger partial charge in [0, 0.05) is 12.6 Å². The van der Waals surface area contributed by atoms with Crippen molar-refractivity contribution in [2.75, 3.05) is 33.2 Å². The van der Waals surface area contributed by atoms with Crippen LogP contribution < -0.4 is 5.73 Å². The first-order valence-electron chi connectivity index (χ1n) is 8.27. The Morgan fingerprint density at radius 3 is 2.86 bits per heavy atom. The third-order valence-electron chi connectivity index (χ3n) is 5.03. The van der Waals surface area contributed by atoms with Gasteiger partial charge in [-0.05, 0) is 58.8 Å². The van der Waals surface area contributed by atoms with Crippen LogP contribution in [0.25, 0.3) is 0 Å². The number of nitrogens with zero attached hydrogens (tertiary/aromatic N) is 5. The summed E-state index contributed by atoms with van der Waals surface area (Å²) in [6, 6.07) is 1.05. The van der Waals surface area contributed by atoms with Gasteiger partial charge in [-0.1, -0.05) is 0 Å². The Bertz CT molecular complexity index is 516. The summed E-state index contributed by atoms with van der Waals surface area (Å²) in [5.41, 5.74) is 5.22. The summed E-state index contributed by atoms with van der Waals surface area (Å²) in [6.45, 7) is 4.52. The Hall–Kier alpha value is -1.47. The number of nitrogens with two attached hydrogens (primary N) is 1. The van der Waals surface area contributed by atoms with E-state index in [1.165, 1.54) is 25.8 Å². The van der Waals surface area contributed by atoms with Crippen molar-refractivity contribution in [3.8, 4) is 0 Å². The van der Waals surface area contributed by atoms with Crippen LogP contribution in [-0.2, 0) is 0 Å². The molecule has 2 saturated heterocycles. The molecule has 122 valence electrons. The van der Waals surface area contributed by atoms with Crippen LogP contribution in [0.3, 0.4) is 0 Å². The fourth-order valence-electron chi connectivity index (χ4n) is 3.69. The highest BCUT2D eigenvalue weighted by atomic mass is 16.1. The number of rotatable bonds is 5. The average Bonchev–Trinajstić information content (AvgIpc) is 3.14. The zero-order valence-electron chi connectivity index (χ0n) is 13.3. The molecule has 1 aromatic rings. The number of amides is 1. The van der Waals surface area contributed by atoms with Crippen molar-refractivity contribution in [2.24, 2.45) is 5.73 Å². The summed E-state index contributed by atoms with van der Waals surface area (Å²) in [5, 5.41) is 4.21. The highest BCUT2D eigenvalue weighted by Crippen LogP contribution is 2.23. The second-order valence-corrected chi connectivity index (χ2v) is 6.57. The van der Waals surface area contributed by atoms with Crippen molar-refractivity contribution in [2.45, 2.75) is 44.2 Å². The molecule has 3 rings (SSSR count). The summed E-state index contributed by atoms with van der Waals surface area (Å²) >= 11 is 0. The summed E-state index contributed by atoms with van der Waals surface area (Å²) < 4.78 is 1.81. The second kappa shape index (κ2) is 6.75. The molecule has 22 heavy (non-hydrogen) atoms. The Morgan fingerprint density at radius 1 is 1.36 bits per heavy atom. The third-order valence-corrected chi connectivity index (χ3v) is 5.03. The second-order valence-electron chi connectivity index (χ2n) is 6.57. The molecule has 1 aromatic heterocycles. The van der Waals surface area contributed by atoms with Gasteiger partial charge in [-0.25, -0.2) is 9.67 Å². The van der Waals surface area contributed by atoms with E-state index in [1.807, 2.05) is 4.68 Å². The Kier molecular flexibility index (Phi) is 4.73. The highest BCUT2D eigenvalue weighted by Gasteiger charge is 2.25. The van der Waals surface area contributed by atoms with Crippen LogP contribution in [0.1, 0.15) is 48.8 Å². The number of carbonyl (C=O) groups excluding carboxylic acids is 1. The van der Waals surface area contributed by atoms with E-state index in [2.05, 4.69) is 26.9 Å². The number of piperidine rings is 1. The summed E-state index contributed by atoms with van der Waals surface area (Å²) in [6.07, 6.45) is 7.79. The van der Waals surface area contributed by atoms with Gasteiger partial charge in [-0.2, -0.15) is 0 Å². The molecule has 2 fully saturated rings. The maximum atomic E-state index is 11.1. The van der Waals surface area contributed by atoms with Crippen molar-refractivity contribution < 1.29 is 4.79 Å². The molecule has 2 N–H and O–H groups in total. The zero-order chi connectivity index (χ0) is 15.5. The molecule has 0 aliphatic carbocycles. The van der Waals surface area contributed by atoms with Gasteiger partial charge < -0.3 is 15.5 Å². The van der Waals surface area contributed by atoms with Crippen LogP contribution in [0.15, 0.2) is 6.33 Å². The molecule has 1 amide bonds. The van der Waals surface area contributed by atoms with Crippen LogP contribution in [0, 0.1) is 0 Å². The van der Waals surface area contributed by atoms with Gasteiger partial charge in [0.2, 0.25) is 5.82 Å². The maximum Gasteiger partial charge on any atom is 0.288 e. The molecule has 3 heterocycles. The quantitative estimate of drug-likeness (QED) is 0.857. The SMILES string of the molecule is CN1CCCC1CCN1CCCC(n2cnc(C(N)=O)n2)C1. The van der Waals surface area contributed by atoms with E-state index in [1.54, 1.807) is 6.33 Å². The molecule has 0 aromatic carbocycles. The van der Waals surface area contributed by atoms with Crippen LogP contribution in [0.5, 0.6) is 0 Å². The Balaban J connectivity index is 1.53. The predicted octanol–water partition coefficient (Wildman–Crippen LogP) is 0.498. The first kappa shape index (κ1) is 15.4. The van der Waals surface area contributed by atoms with E-state index in [9.17, 15) is 4.79 Å². The van der Waals surface area contributed by atoms with Gasteiger partial charge >= 0.3 is 0 Å². The van der Waals surface area contributed by atoms with Gasteiger partial charge in [0.25, 0.3) is 5.91 Å². The molecule has 0 bridgehead atoms. The van der Waals surface area contributed by atoms with Gasteiger partial charge in [-0.15, -0.1) is 5.10 Å². The average molecular weight is 306 g/mol. The van der Waals surface area contributed by atoms with Gasteiger partial charge in [0.05, 0.1) is 6.04 Å². The molecule has 7 heteroatoms. The maximum absolute atomic E-state index is 11.1. The summed E-state index contributed by atoms with van der Waals surface area (Å²) in [5.74, 6) is -0.444. The van der Waals surface area contributed by atoms with Crippen LogP contribution >= 0.6 is 0 Å². The standard InChI is InChI=1S/C15H26N6O/c1-19-7-2-4-12(19)6-9-20-8-3-5-13(10-20)21-11-17-15(18-21)14(16)22/h11-13H,2-10H2,1H3,(H2,16,22). The molecule has 0 spiro atoms. The number of likely N-dealkylation sites (tertiary alicyclic amines) is 2. The van der Waals surface area contributed by atoms with E-state index in [-0.39, 0.29) is 5.82 Å². The summed E-state index contributed by atoms with van der Waals surface area (Å²) in [4.78, 5) is 20.1. The largest absolute Gasteiger partial charge is 0.363 e. The zero-order valence-corrected chi connectivity index (χ0v) is 13.3. The van der Waals surface area contributed by atoms with Gasteiger partial charge in [-0.3, -0.25) is 4.79 Å². The number of hydrogen-bond acceptors (Lipinski definition) is 5. The van der Waals surface area contributed by atoms with Crippen molar-refractivity contribution in [1.82, 2.24) is 24.6 Å². The lowest BCUT2D eigenvalue weighted by molar-refractivity contribution is 0.0988.